The SMILES string of the molecule is Cc1cc(=O)n2nc(-c3ccccc3Cl)nc2n1CC(=O)N1CCOCC1. The molecule has 1 aliphatic heterocycles. The minimum Gasteiger partial charge on any atom is -0.378 e. The van der Waals surface area contributed by atoms with Crippen LogP contribution in [0.25, 0.3) is 17.2 Å². The lowest BCUT2D eigenvalue weighted by Crippen LogP contribution is -2.42. The van der Waals surface area contributed by atoms with Crippen LogP contribution in [0.2, 0.25) is 5.02 Å². The molecule has 0 N–H and O–H groups in total. The van der Waals surface area contributed by atoms with Crippen molar-refractivity contribution in [1.82, 2.24) is 24.1 Å². The van der Waals surface area contributed by atoms with Crippen molar-refractivity contribution >= 4 is 23.3 Å². The van der Waals surface area contributed by atoms with E-state index in [0.29, 0.717) is 54.2 Å². The van der Waals surface area contributed by atoms with Crippen LogP contribution in [0.1, 0.15) is 5.69 Å². The Morgan fingerprint density at radius 1 is 1.26 bits per heavy atom. The van der Waals surface area contributed by atoms with Gasteiger partial charge in [-0.15, -0.1) is 5.10 Å². The van der Waals surface area contributed by atoms with Crippen LogP contribution in [0.5, 0.6) is 0 Å². The Hall–Kier alpha value is -2.71. The zero-order chi connectivity index (χ0) is 19.0. The Kier molecular flexibility index (Phi) is 4.67. The van der Waals surface area contributed by atoms with Gasteiger partial charge < -0.3 is 14.2 Å². The lowest BCUT2D eigenvalue weighted by Gasteiger charge is -2.27. The molecule has 3 aromatic rings. The van der Waals surface area contributed by atoms with Gasteiger partial charge in [-0.3, -0.25) is 9.59 Å². The number of ether oxygens (including phenoxy) is 1. The van der Waals surface area contributed by atoms with E-state index >= 15 is 0 Å². The van der Waals surface area contributed by atoms with Crippen molar-refractivity contribution in [2.75, 3.05) is 26.3 Å². The minimum absolute atomic E-state index is 0.0470. The molecule has 0 atom stereocenters. The highest BCUT2D eigenvalue weighted by Crippen LogP contribution is 2.25. The van der Waals surface area contributed by atoms with E-state index < -0.39 is 0 Å². The Morgan fingerprint density at radius 2 is 2.00 bits per heavy atom. The predicted molar refractivity (Wildman–Crippen MR) is 99.8 cm³/mol. The number of benzene rings is 1. The summed E-state index contributed by atoms with van der Waals surface area (Å²) in [5, 5.41) is 4.80. The van der Waals surface area contributed by atoms with Crippen LogP contribution in [0.15, 0.2) is 35.1 Å². The van der Waals surface area contributed by atoms with Crippen molar-refractivity contribution in [3.8, 4) is 11.4 Å². The van der Waals surface area contributed by atoms with E-state index in [1.165, 1.54) is 10.6 Å². The Balaban J connectivity index is 1.77. The number of hydrogen-bond donors (Lipinski definition) is 0. The largest absolute Gasteiger partial charge is 0.378 e. The molecule has 27 heavy (non-hydrogen) atoms. The number of hydrogen-bond acceptors (Lipinski definition) is 5. The molecule has 3 heterocycles. The molecule has 1 fully saturated rings. The fourth-order valence-corrected chi connectivity index (χ4v) is 3.32. The molecule has 140 valence electrons. The van der Waals surface area contributed by atoms with Gasteiger partial charge in [-0.25, -0.2) is 0 Å². The van der Waals surface area contributed by atoms with Gasteiger partial charge in [0.2, 0.25) is 11.7 Å². The highest BCUT2D eigenvalue weighted by atomic mass is 35.5. The highest BCUT2D eigenvalue weighted by Gasteiger charge is 2.21. The van der Waals surface area contributed by atoms with Gasteiger partial charge in [0.05, 0.1) is 18.2 Å². The number of carbonyl (C=O) groups is 1. The van der Waals surface area contributed by atoms with E-state index in [9.17, 15) is 9.59 Å². The normalized spacial score (nSPS) is 14.7. The van der Waals surface area contributed by atoms with Gasteiger partial charge in [0.25, 0.3) is 5.56 Å². The summed E-state index contributed by atoms with van der Waals surface area (Å²) in [5.74, 6) is 0.613. The number of fused-ring (bicyclic) bond motifs is 1. The standard InChI is InChI=1S/C18H18ClN5O3/c1-12-10-15(25)24-18(20-17(21-24)13-4-2-3-5-14(13)19)23(12)11-16(26)22-6-8-27-9-7-22/h2-5,10H,6-9,11H2,1H3. The van der Waals surface area contributed by atoms with Gasteiger partial charge in [-0.05, 0) is 19.1 Å². The van der Waals surface area contributed by atoms with Gasteiger partial charge in [0.15, 0.2) is 5.82 Å². The molecule has 0 radical (unpaired) electrons. The fourth-order valence-electron chi connectivity index (χ4n) is 3.10. The predicted octanol–water partition coefficient (Wildman–Crippen LogP) is 1.38. The molecule has 1 aromatic carbocycles. The summed E-state index contributed by atoms with van der Waals surface area (Å²) in [6.07, 6.45) is 0. The lowest BCUT2D eigenvalue weighted by molar-refractivity contribution is -0.135. The van der Waals surface area contributed by atoms with E-state index in [1.54, 1.807) is 28.5 Å². The first-order chi connectivity index (χ1) is 13.0. The molecule has 0 bridgehead atoms. The number of rotatable bonds is 3. The number of nitrogens with zero attached hydrogens (tertiary/aromatic N) is 5. The van der Waals surface area contributed by atoms with Crippen LogP contribution < -0.4 is 5.56 Å². The fraction of sp³-hybridized carbons (Fsp3) is 0.333. The summed E-state index contributed by atoms with van der Waals surface area (Å²) in [6, 6.07) is 8.61. The number of aryl methyl sites for hydroxylation is 1. The van der Waals surface area contributed by atoms with Crippen molar-refractivity contribution in [3.63, 3.8) is 0 Å². The zero-order valence-electron chi connectivity index (χ0n) is 14.8. The van der Waals surface area contributed by atoms with Crippen LogP contribution in [-0.2, 0) is 16.1 Å². The monoisotopic (exact) mass is 387 g/mol. The van der Waals surface area contributed by atoms with Crippen LogP contribution in [0, 0.1) is 6.92 Å². The molecule has 1 saturated heterocycles. The topological polar surface area (TPSA) is 81.7 Å². The van der Waals surface area contributed by atoms with Crippen molar-refractivity contribution in [2.24, 2.45) is 0 Å². The zero-order valence-corrected chi connectivity index (χ0v) is 15.5. The van der Waals surface area contributed by atoms with E-state index in [4.69, 9.17) is 16.3 Å². The van der Waals surface area contributed by atoms with E-state index in [2.05, 4.69) is 10.1 Å². The van der Waals surface area contributed by atoms with Gasteiger partial charge >= 0.3 is 0 Å². The Morgan fingerprint density at radius 3 is 2.74 bits per heavy atom. The quantitative estimate of drug-likeness (QED) is 0.678. The number of halogens is 1. The molecule has 0 spiro atoms. The Labute approximate surface area is 159 Å². The average Bonchev–Trinajstić information content (AvgIpc) is 3.11. The first kappa shape index (κ1) is 17.7. The summed E-state index contributed by atoms with van der Waals surface area (Å²) in [6.45, 7) is 4.05. The molecule has 2 aromatic heterocycles. The maximum Gasteiger partial charge on any atom is 0.275 e. The number of amides is 1. The summed E-state index contributed by atoms with van der Waals surface area (Å²) in [5.41, 5.74) is 0.974. The number of aromatic nitrogens is 4. The summed E-state index contributed by atoms with van der Waals surface area (Å²) < 4.78 is 8.20. The van der Waals surface area contributed by atoms with Gasteiger partial charge in [-0.2, -0.15) is 9.50 Å². The van der Waals surface area contributed by atoms with E-state index in [-0.39, 0.29) is 18.0 Å². The van der Waals surface area contributed by atoms with Gasteiger partial charge in [0, 0.05) is 30.4 Å². The van der Waals surface area contributed by atoms with Crippen molar-refractivity contribution in [1.29, 1.82) is 0 Å². The van der Waals surface area contributed by atoms with Crippen LogP contribution in [-0.4, -0.2) is 56.3 Å². The molecule has 4 rings (SSSR count). The maximum absolute atomic E-state index is 12.7. The smallest absolute Gasteiger partial charge is 0.275 e. The number of morpholine rings is 1. The van der Waals surface area contributed by atoms with Crippen molar-refractivity contribution in [2.45, 2.75) is 13.5 Å². The van der Waals surface area contributed by atoms with Gasteiger partial charge in [0.1, 0.15) is 6.54 Å². The summed E-state index contributed by atoms with van der Waals surface area (Å²) in [4.78, 5) is 31.3. The first-order valence-electron chi connectivity index (χ1n) is 8.62. The van der Waals surface area contributed by atoms with Gasteiger partial charge in [-0.1, -0.05) is 23.7 Å². The summed E-state index contributed by atoms with van der Waals surface area (Å²) >= 11 is 6.24. The third-order valence-corrected chi connectivity index (χ3v) is 4.90. The molecule has 0 aliphatic carbocycles. The second-order valence-corrected chi connectivity index (χ2v) is 6.74. The molecule has 1 aliphatic rings. The van der Waals surface area contributed by atoms with Crippen LogP contribution >= 0.6 is 11.6 Å². The molecule has 9 heteroatoms. The Bertz CT molecular complexity index is 1070. The molecule has 8 nitrogen and oxygen atoms in total. The minimum atomic E-state index is -0.302. The van der Waals surface area contributed by atoms with Crippen LogP contribution in [0.3, 0.4) is 0 Å². The molecule has 0 unspecified atom stereocenters. The van der Waals surface area contributed by atoms with Crippen molar-refractivity contribution in [3.05, 3.63) is 51.4 Å². The molecule has 1 amide bonds. The molecular formula is C18H18ClN5O3. The highest BCUT2D eigenvalue weighted by molar-refractivity contribution is 6.33. The second-order valence-electron chi connectivity index (χ2n) is 6.33. The third-order valence-electron chi connectivity index (χ3n) is 4.57. The molecule has 0 saturated carbocycles. The lowest BCUT2D eigenvalue weighted by atomic mass is 10.2. The maximum atomic E-state index is 12.7. The van der Waals surface area contributed by atoms with Crippen molar-refractivity contribution < 1.29 is 9.53 Å². The summed E-state index contributed by atoms with van der Waals surface area (Å²) in [7, 11) is 0. The first-order valence-corrected chi connectivity index (χ1v) is 9.00. The van der Waals surface area contributed by atoms with E-state index in [0.717, 1.165) is 0 Å². The molecular weight excluding hydrogens is 370 g/mol. The average molecular weight is 388 g/mol. The van der Waals surface area contributed by atoms with E-state index in [1.807, 2.05) is 12.1 Å². The number of carbonyl (C=O) groups excluding carboxylic acids is 1. The third kappa shape index (κ3) is 3.33. The van der Waals surface area contributed by atoms with Crippen LogP contribution in [0.4, 0.5) is 0 Å². The second kappa shape index (κ2) is 7.13.